The van der Waals surface area contributed by atoms with E-state index in [4.69, 9.17) is 4.74 Å². The minimum atomic E-state index is -1.000. The molecule has 0 fully saturated rings. The normalized spacial score (nSPS) is 12.6. The number of ether oxygens (including phenoxy) is 1. The molecule has 0 aliphatic heterocycles. The lowest BCUT2D eigenvalue weighted by molar-refractivity contribution is -0.145. The highest BCUT2D eigenvalue weighted by Crippen LogP contribution is 2.40. The van der Waals surface area contributed by atoms with Crippen LogP contribution in [0.3, 0.4) is 0 Å². The second kappa shape index (κ2) is 10.7. The van der Waals surface area contributed by atoms with Crippen LogP contribution in [0, 0.1) is 0 Å². The SMILES string of the molecule is CCOC(=O)CC(=O)CC(O)C=Cc1c(-c2ccccc2)c2c3ccccc3ccn2c1C(C)C. The van der Waals surface area contributed by atoms with Crippen molar-refractivity contribution in [2.75, 3.05) is 6.61 Å². The summed E-state index contributed by atoms with van der Waals surface area (Å²) in [6, 6.07) is 20.7. The highest BCUT2D eigenvalue weighted by molar-refractivity contribution is 6.06. The first-order chi connectivity index (χ1) is 16.9. The quantitative estimate of drug-likeness (QED) is 0.235. The molecule has 35 heavy (non-hydrogen) atoms. The van der Waals surface area contributed by atoms with Crippen LogP contribution in [-0.2, 0) is 14.3 Å². The van der Waals surface area contributed by atoms with Crippen LogP contribution < -0.4 is 0 Å². The fourth-order valence-electron chi connectivity index (χ4n) is 4.67. The number of nitrogens with zero attached hydrogens (tertiary/aromatic N) is 1. The predicted molar refractivity (Wildman–Crippen MR) is 140 cm³/mol. The molecular weight excluding hydrogens is 438 g/mol. The van der Waals surface area contributed by atoms with Gasteiger partial charge in [-0.05, 0) is 29.9 Å². The van der Waals surface area contributed by atoms with Crippen molar-refractivity contribution in [3.05, 3.63) is 84.2 Å². The van der Waals surface area contributed by atoms with Gasteiger partial charge in [-0.3, -0.25) is 9.59 Å². The summed E-state index contributed by atoms with van der Waals surface area (Å²) in [5.74, 6) is -0.697. The number of carbonyl (C=O) groups is 2. The summed E-state index contributed by atoms with van der Waals surface area (Å²) >= 11 is 0. The number of aromatic nitrogens is 1. The summed E-state index contributed by atoms with van der Waals surface area (Å²) in [6.45, 7) is 6.23. The summed E-state index contributed by atoms with van der Waals surface area (Å²) in [6.07, 6.45) is 4.22. The Balaban J connectivity index is 1.82. The van der Waals surface area contributed by atoms with E-state index < -0.39 is 12.1 Å². The molecule has 1 N–H and O–H groups in total. The van der Waals surface area contributed by atoms with Crippen LogP contribution in [0.5, 0.6) is 0 Å². The lowest BCUT2D eigenvalue weighted by Gasteiger charge is -2.10. The molecule has 180 valence electrons. The molecule has 0 saturated carbocycles. The maximum Gasteiger partial charge on any atom is 0.313 e. The van der Waals surface area contributed by atoms with Crippen molar-refractivity contribution in [3.63, 3.8) is 0 Å². The molecular formula is C30H31NO4. The molecule has 0 saturated heterocycles. The molecule has 0 aliphatic carbocycles. The van der Waals surface area contributed by atoms with Crippen LogP contribution in [0.25, 0.3) is 33.5 Å². The van der Waals surface area contributed by atoms with Gasteiger partial charge in [0.05, 0.1) is 18.2 Å². The minimum Gasteiger partial charge on any atom is -0.466 e. The highest BCUT2D eigenvalue weighted by atomic mass is 16.5. The van der Waals surface area contributed by atoms with Crippen LogP contribution in [-0.4, -0.2) is 34.0 Å². The second-order valence-corrected chi connectivity index (χ2v) is 8.97. The first-order valence-corrected chi connectivity index (χ1v) is 12.0. The van der Waals surface area contributed by atoms with Gasteiger partial charge in [-0.25, -0.2) is 0 Å². The third-order valence-electron chi connectivity index (χ3n) is 6.08. The number of hydrogen-bond donors (Lipinski definition) is 1. The Kier molecular flexibility index (Phi) is 7.47. The largest absolute Gasteiger partial charge is 0.466 e. The van der Waals surface area contributed by atoms with Crippen molar-refractivity contribution in [3.8, 4) is 11.1 Å². The van der Waals surface area contributed by atoms with Crippen LogP contribution in [0.2, 0.25) is 0 Å². The third kappa shape index (κ3) is 5.20. The number of hydrogen-bond acceptors (Lipinski definition) is 4. The van der Waals surface area contributed by atoms with Crippen LogP contribution in [0.1, 0.15) is 50.8 Å². The van der Waals surface area contributed by atoms with Gasteiger partial charge in [0.15, 0.2) is 0 Å². The number of Topliss-reactive ketones (excluding diaryl/α,β-unsaturated/α-hetero) is 1. The van der Waals surface area contributed by atoms with Gasteiger partial charge in [-0.1, -0.05) is 80.6 Å². The number of rotatable bonds is 9. The smallest absolute Gasteiger partial charge is 0.313 e. The summed E-state index contributed by atoms with van der Waals surface area (Å²) in [4.78, 5) is 23.8. The molecule has 1 atom stereocenters. The van der Waals surface area contributed by atoms with Crippen LogP contribution in [0.4, 0.5) is 0 Å². The average molecular weight is 470 g/mol. The van der Waals surface area contributed by atoms with Gasteiger partial charge in [0.25, 0.3) is 0 Å². The number of carbonyl (C=O) groups excluding carboxylic acids is 2. The lowest BCUT2D eigenvalue weighted by atomic mass is 9.95. The van der Waals surface area contributed by atoms with Gasteiger partial charge in [0, 0.05) is 34.8 Å². The monoisotopic (exact) mass is 469 g/mol. The molecule has 5 heteroatoms. The fourth-order valence-corrected chi connectivity index (χ4v) is 4.67. The summed E-state index contributed by atoms with van der Waals surface area (Å²) in [5, 5.41) is 12.9. The van der Waals surface area contributed by atoms with Crippen molar-refractivity contribution in [1.82, 2.24) is 4.40 Å². The Morgan fingerprint density at radius 3 is 2.46 bits per heavy atom. The second-order valence-electron chi connectivity index (χ2n) is 8.97. The van der Waals surface area contributed by atoms with E-state index in [9.17, 15) is 14.7 Å². The Labute approximate surface area is 205 Å². The van der Waals surface area contributed by atoms with E-state index in [2.05, 4.69) is 54.8 Å². The van der Waals surface area contributed by atoms with E-state index in [0.29, 0.717) is 0 Å². The van der Waals surface area contributed by atoms with E-state index in [-0.39, 0.29) is 31.1 Å². The zero-order valence-corrected chi connectivity index (χ0v) is 20.4. The van der Waals surface area contributed by atoms with E-state index in [1.807, 2.05) is 36.4 Å². The van der Waals surface area contributed by atoms with Crippen molar-refractivity contribution < 1.29 is 19.4 Å². The molecule has 5 nitrogen and oxygen atoms in total. The number of aliphatic hydroxyl groups excluding tert-OH is 1. The number of aliphatic hydroxyl groups is 1. The van der Waals surface area contributed by atoms with Crippen LogP contribution >= 0.6 is 0 Å². The summed E-state index contributed by atoms with van der Waals surface area (Å²) in [7, 11) is 0. The van der Waals surface area contributed by atoms with E-state index in [1.165, 1.54) is 0 Å². The molecule has 4 aromatic rings. The molecule has 2 heterocycles. The summed E-state index contributed by atoms with van der Waals surface area (Å²) < 4.78 is 7.08. The van der Waals surface area contributed by atoms with Crippen molar-refractivity contribution in [2.45, 2.75) is 45.6 Å². The molecule has 1 unspecified atom stereocenters. The fraction of sp³-hybridized carbons (Fsp3) is 0.267. The van der Waals surface area contributed by atoms with Crippen molar-refractivity contribution in [2.24, 2.45) is 0 Å². The van der Waals surface area contributed by atoms with E-state index in [0.717, 1.165) is 38.7 Å². The number of fused-ring (bicyclic) bond motifs is 3. The number of ketones is 1. The maximum absolute atomic E-state index is 12.2. The first-order valence-electron chi connectivity index (χ1n) is 12.0. The Morgan fingerprint density at radius 2 is 1.74 bits per heavy atom. The number of benzene rings is 2. The lowest BCUT2D eigenvalue weighted by Crippen LogP contribution is -2.16. The Morgan fingerprint density at radius 1 is 1.03 bits per heavy atom. The van der Waals surface area contributed by atoms with Gasteiger partial charge in [-0.15, -0.1) is 0 Å². The van der Waals surface area contributed by atoms with Gasteiger partial charge < -0.3 is 14.2 Å². The first kappa shape index (κ1) is 24.4. The topological polar surface area (TPSA) is 68.0 Å². The van der Waals surface area contributed by atoms with Gasteiger partial charge >= 0.3 is 5.97 Å². The summed E-state index contributed by atoms with van der Waals surface area (Å²) in [5.41, 5.74) is 5.43. The zero-order chi connectivity index (χ0) is 24.9. The molecule has 4 rings (SSSR count). The molecule has 0 spiro atoms. The Bertz CT molecular complexity index is 1380. The van der Waals surface area contributed by atoms with E-state index in [1.54, 1.807) is 13.0 Å². The third-order valence-corrected chi connectivity index (χ3v) is 6.08. The van der Waals surface area contributed by atoms with Crippen LogP contribution in [0.15, 0.2) is 72.9 Å². The number of esters is 1. The van der Waals surface area contributed by atoms with E-state index >= 15 is 0 Å². The molecule has 0 amide bonds. The standard InChI is InChI=1S/C30H31NO4/c1-4-35-27(34)19-24(33)18-23(32)14-15-26-28(22-11-6-5-7-12-22)30-25-13-9-8-10-21(25)16-17-31(30)29(26)20(2)3/h5-17,20,23,32H,4,18-19H2,1-3H3. The molecule has 2 aromatic heterocycles. The van der Waals surface area contributed by atoms with Gasteiger partial charge in [0.1, 0.15) is 12.2 Å². The minimum absolute atomic E-state index is 0.136. The molecule has 2 aromatic carbocycles. The van der Waals surface area contributed by atoms with Gasteiger partial charge in [0.2, 0.25) is 0 Å². The number of pyridine rings is 1. The zero-order valence-electron chi connectivity index (χ0n) is 20.4. The van der Waals surface area contributed by atoms with Crippen molar-refractivity contribution in [1.29, 1.82) is 0 Å². The molecule has 0 bridgehead atoms. The molecule has 0 aliphatic rings. The molecule has 0 radical (unpaired) electrons. The maximum atomic E-state index is 12.2. The van der Waals surface area contributed by atoms with Gasteiger partial charge in [-0.2, -0.15) is 0 Å². The van der Waals surface area contributed by atoms with Crippen molar-refractivity contribution >= 4 is 34.1 Å². The average Bonchev–Trinajstić information content (AvgIpc) is 3.18. The highest BCUT2D eigenvalue weighted by Gasteiger charge is 2.22. The predicted octanol–water partition coefficient (Wildman–Crippen LogP) is 6.17. The Hall–Kier alpha value is -3.70.